The average Bonchev–Trinajstić information content (AvgIpc) is 3.28. The van der Waals surface area contributed by atoms with Crippen molar-refractivity contribution in [3.63, 3.8) is 0 Å². The van der Waals surface area contributed by atoms with Crippen LogP contribution in [0.4, 0.5) is 10.5 Å². The maximum atomic E-state index is 12.8. The van der Waals surface area contributed by atoms with Gasteiger partial charge < -0.3 is 24.3 Å². The first-order valence-electron chi connectivity index (χ1n) is 9.16. The molecule has 2 aliphatic rings. The van der Waals surface area contributed by atoms with Gasteiger partial charge in [0.05, 0.1) is 12.1 Å². The molecule has 5 rings (SSSR count). The molecule has 0 radical (unpaired) electrons. The van der Waals surface area contributed by atoms with Crippen molar-refractivity contribution in [3.8, 4) is 11.5 Å². The molecule has 1 aromatic heterocycles. The second-order valence-electron chi connectivity index (χ2n) is 7.17. The number of hydrogen-bond acceptors (Lipinski definition) is 4. The van der Waals surface area contributed by atoms with Gasteiger partial charge in [-0.05, 0) is 35.7 Å². The van der Waals surface area contributed by atoms with Crippen LogP contribution in [0.25, 0.3) is 10.9 Å². The predicted octanol–water partition coefficient (Wildman–Crippen LogP) is 2.94. The van der Waals surface area contributed by atoms with Crippen molar-refractivity contribution < 1.29 is 14.3 Å². The molecule has 0 unspecified atom stereocenters. The number of hydrogen-bond donors (Lipinski definition) is 1. The van der Waals surface area contributed by atoms with Crippen molar-refractivity contribution in [2.45, 2.75) is 12.2 Å². The lowest BCUT2D eigenvalue weighted by Crippen LogP contribution is -2.43. The van der Waals surface area contributed by atoms with Gasteiger partial charge in [-0.3, -0.25) is 4.79 Å². The van der Waals surface area contributed by atoms with E-state index in [1.54, 1.807) is 28.6 Å². The van der Waals surface area contributed by atoms with Crippen LogP contribution in [0, 0.1) is 0 Å². The fraction of sp³-hybridized carbons (Fsp3) is 0.238. The van der Waals surface area contributed by atoms with Crippen LogP contribution in [0.15, 0.2) is 59.4 Å². The molecule has 1 N–H and O–H groups in total. The smallest absolute Gasteiger partial charge is 0.322 e. The number of urea groups is 1. The van der Waals surface area contributed by atoms with E-state index >= 15 is 0 Å². The molecule has 7 nitrogen and oxygen atoms in total. The summed E-state index contributed by atoms with van der Waals surface area (Å²) in [5.74, 6) is 0.606. The normalized spacial score (nSPS) is 16.7. The Kier molecular flexibility index (Phi) is 3.58. The van der Waals surface area contributed by atoms with E-state index in [4.69, 9.17) is 9.47 Å². The number of nitrogens with zero attached hydrogens (tertiary/aromatic N) is 2. The Labute approximate surface area is 161 Å². The molecule has 0 bridgehead atoms. The summed E-state index contributed by atoms with van der Waals surface area (Å²) in [5, 5.41) is 3.85. The number of rotatable bonds is 1. The van der Waals surface area contributed by atoms with E-state index in [0.717, 1.165) is 10.9 Å². The highest BCUT2D eigenvalue weighted by molar-refractivity contribution is 5.92. The summed E-state index contributed by atoms with van der Waals surface area (Å²) < 4.78 is 13.5. The summed E-state index contributed by atoms with van der Waals surface area (Å²) in [4.78, 5) is 26.3. The van der Waals surface area contributed by atoms with E-state index in [1.165, 1.54) is 6.07 Å². The Morgan fingerprint density at radius 1 is 1.07 bits per heavy atom. The Morgan fingerprint density at radius 3 is 2.54 bits per heavy atom. The lowest BCUT2D eigenvalue weighted by atomic mass is 10.2. The number of carbonyl (C=O) groups excluding carboxylic acids is 1. The standard InChI is InChI=1S/C21H19N3O4/c1-23-16-12-15(8-6-14(16)7-9-19(23)25)22-20(26)24-11-10-21(13-24)27-17-4-2-3-5-18(17)28-21/h2-9,12H,10-11,13H2,1H3,(H,22,26). The molecule has 2 amide bonds. The van der Waals surface area contributed by atoms with Crippen LogP contribution in [0.3, 0.4) is 0 Å². The molecule has 2 aliphatic heterocycles. The van der Waals surface area contributed by atoms with Crippen molar-refractivity contribution in [2.75, 3.05) is 18.4 Å². The molecule has 142 valence electrons. The van der Waals surface area contributed by atoms with E-state index in [0.29, 0.717) is 36.7 Å². The molecule has 2 aromatic carbocycles. The minimum atomic E-state index is -0.811. The zero-order chi connectivity index (χ0) is 19.3. The van der Waals surface area contributed by atoms with Crippen LogP contribution >= 0.6 is 0 Å². The number of likely N-dealkylation sites (tertiary alicyclic amines) is 1. The zero-order valence-corrected chi connectivity index (χ0v) is 15.3. The lowest BCUT2D eigenvalue weighted by molar-refractivity contribution is -0.0647. The summed E-state index contributed by atoms with van der Waals surface area (Å²) in [7, 11) is 1.72. The van der Waals surface area contributed by atoms with Gasteiger partial charge in [-0.15, -0.1) is 0 Å². The Bertz CT molecular complexity index is 1130. The molecule has 7 heteroatoms. The largest absolute Gasteiger partial charge is 0.447 e. The first-order valence-corrected chi connectivity index (χ1v) is 9.16. The van der Waals surface area contributed by atoms with Gasteiger partial charge >= 0.3 is 6.03 Å². The van der Waals surface area contributed by atoms with E-state index in [2.05, 4.69) is 5.32 Å². The van der Waals surface area contributed by atoms with Gasteiger partial charge in [0, 0.05) is 31.8 Å². The summed E-state index contributed by atoms with van der Waals surface area (Å²) in [6, 6.07) is 16.1. The van der Waals surface area contributed by atoms with Crippen LogP contribution in [-0.2, 0) is 7.05 Å². The van der Waals surface area contributed by atoms with E-state index < -0.39 is 5.79 Å². The van der Waals surface area contributed by atoms with E-state index in [9.17, 15) is 9.59 Å². The van der Waals surface area contributed by atoms with Crippen molar-refractivity contribution in [1.82, 2.24) is 9.47 Å². The second kappa shape index (κ2) is 6.02. The Morgan fingerprint density at radius 2 is 1.79 bits per heavy atom. The number of pyridine rings is 1. The number of nitrogens with one attached hydrogen (secondary N) is 1. The van der Waals surface area contributed by atoms with Gasteiger partial charge in [0.1, 0.15) is 0 Å². The number of aromatic nitrogens is 1. The fourth-order valence-corrected chi connectivity index (χ4v) is 3.78. The SMILES string of the molecule is Cn1c(=O)ccc2ccc(NC(=O)N3CCC4(C3)Oc3ccccc3O4)cc21. The Hall–Kier alpha value is -3.48. The molecule has 3 heterocycles. The highest BCUT2D eigenvalue weighted by Gasteiger charge is 2.48. The minimum absolute atomic E-state index is 0.0902. The first kappa shape index (κ1) is 16.7. The average molecular weight is 377 g/mol. The minimum Gasteiger partial charge on any atom is -0.447 e. The van der Waals surface area contributed by atoms with Crippen LogP contribution in [-0.4, -0.2) is 34.4 Å². The number of amides is 2. The number of ether oxygens (including phenoxy) is 2. The zero-order valence-electron chi connectivity index (χ0n) is 15.3. The molecule has 0 aliphatic carbocycles. The maximum absolute atomic E-state index is 12.8. The molecule has 28 heavy (non-hydrogen) atoms. The number of benzene rings is 2. The van der Waals surface area contributed by atoms with E-state index in [-0.39, 0.29) is 11.6 Å². The molecule has 1 fully saturated rings. The van der Waals surface area contributed by atoms with Crippen LogP contribution < -0.4 is 20.3 Å². The summed E-state index contributed by atoms with van der Waals surface area (Å²) in [6.45, 7) is 0.880. The van der Waals surface area contributed by atoms with Crippen LogP contribution in [0.2, 0.25) is 0 Å². The van der Waals surface area contributed by atoms with Gasteiger partial charge in [-0.2, -0.15) is 0 Å². The summed E-state index contributed by atoms with van der Waals surface area (Å²) in [5.41, 5.74) is 1.31. The monoisotopic (exact) mass is 377 g/mol. The maximum Gasteiger partial charge on any atom is 0.322 e. The number of fused-ring (bicyclic) bond motifs is 2. The number of anilines is 1. The van der Waals surface area contributed by atoms with Gasteiger partial charge in [-0.1, -0.05) is 18.2 Å². The summed E-state index contributed by atoms with van der Waals surface area (Å²) in [6.07, 6.45) is 0.599. The van der Waals surface area contributed by atoms with Crippen molar-refractivity contribution in [3.05, 3.63) is 65.0 Å². The van der Waals surface area contributed by atoms with Crippen LogP contribution in [0.1, 0.15) is 6.42 Å². The predicted molar refractivity (Wildman–Crippen MR) is 105 cm³/mol. The molecule has 1 spiro atoms. The van der Waals surface area contributed by atoms with Gasteiger partial charge in [0.15, 0.2) is 11.5 Å². The molecule has 3 aromatic rings. The molecule has 0 atom stereocenters. The molecule has 1 saturated heterocycles. The van der Waals surface area contributed by atoms with Crippen molar-refractivity contribution in [2.24, 2.45) is 7.05 Å². The van der Waals surface area contributed by atoms with Gasteiger partial charge in [-0.25, -0.2) is 4.79 Å². The van der Waals surface area contributed by atoms with Crippen molar-refractivity contribution >= 4 is 22.6 Å². The molecular weight excluding hydrogens is 358 g/mol. The second-order valence-corrected chi connectivity index (χ2v) is 7.17. The highest BCUT2D eigenvalue weighted by Crippen LogP contribution is 2.42. The third-order valence-electron chi connectivity index (χ3n) is 5.30. The lowest BCUT2D eigenvalue weighted by Gasteiger charge is -2.23. The third kappa shape index (κ3) is 2.67. The summed E-state index contributed by atoms with van der Waals surface area (Å²) >= 11 is 0. The van der Waals surface area contributed by atoms with Crippen molar-refractivity contribution in [1.29, 1.82) is 0 Å². The number of para-hydroxylation sites is 2. The molecular formula is C21H19N3O4. The van der Waals surface area contributed by atoms with Gasteiger partial charge in [0.25, 0.3) is 11.3 Å². The number of carbonyl (C=O) groups is 1. The molecule has 0 saturated carbocycles. The first-order chi connectivity index (χ1) is 13.5. The fourth-order valence-electron chi connectivity index (χ4n) is 3.78. The quantitative estimate of drug-likeness (QED) is 0.708. The van der Waals surface area contributed by atoms with Gasteiger partial charge in [0.2, 0.25) is 0 Å². The topological polar surface area (TPSA) is 72.8 Å². The van der Waals surface area contributed by atoms with Crippen LogP contribution in [0.5, 0.6) is 11.5 Å². The number of aryl methyl sites for hydroxylation is 1. The highest BCUT2D eigenvalue weighted by atomic mass is 16.7. The Balaban J connectivity index is 1.32. The third-order valence-corrected chi connectivity index (χ3v) is 5.30. The van der Waals surface area contributed by atoms with E-state index in [1.807, 2.05) is 36.4 Å².